The van der Waals surface area contributed by atoms with Gasteiger partial charge in [0.2, 0.25) is 11.8 Å². The van der Waals surface area contributed by atoms with Crippen LogP contribution in [0.5, 0.6) is 0 Å². The number of benzene rings is 1. The van der Waals surface area contributed by atoms with Crippen molar-refractivity contribution in [3.63, 3.8) is 0 Å². The molecule has 2 aliphatic heterocycles. The Bertz CT molecular complexity index is 798. The highest BCUT2D eigenvalue weighted by Gasteiger charge is 2.27. The maximum atomic E-state index is 12.3. The van der Waals surface area contributed by atoms with E-state index in [1.54, 1.807) is 6.20 Å². The number of carbonyl (C=O) groups is 2. The standard InChI is InChI=1S/C19H22N4O2/c24-18(21-15-6-7-17-20-9-10-23(17)12-15)8-5-14-11-13-3-1-2-4-16(13)22-19(14)25/h1-4,9-10,14-15H,5-8,11-12H2,(H,21,24)(H,22,25)/t14-,15-/m0/s1. The number of amides is 2. The van der Waals surface area contributed by atoms with Gasteiger partial charge in [-0.2, -0.15) is 0 Å². The van der Waals surface area contributed by atoms with E-state index in [4.69, 9.17) is 0 Å². The Kier molecular flexibility index (Phi) is 4.26. The molecular formula is C19H22N4O2. The highest BCUT2D eigenvalue weighted by atomic mass is 16.2. The molecule has 0 radical (unpaired) electrons. The molecule has 130 valence electrons. The van der Waals surface area contributed by atoms with Gasteiger partial charge in [-0.3, -0.25) is 9.59 Å². The van der Waals surface area contributed by atoms with Crippen molar-refractivity contribution in [2.75, 3.05) is 5.32 Å². The van der Waals surface area contributed by atoms with E-state index >= 15 is 0 Å². The summed E-state index contributed by atoms with van der Waals surface area (Å²) in [4.78, 5) is 28.8. The minimum absolute atomic E-state index is 0.0206. The molecule has 6 heteroatoms. The summed E-state index contributed by atoms with van der Waals surface area (Å²) in [7, 11) is 0. The van der Waals surface area contributed by atoms with Crippen LogP contribution in [-0.4, -0.2) is 27.4 Å². The van der Waals surface area contributed by atoms with E-state index in [0.717, 1.165) is 36.5 Å². The number of fused-ring (bicyclic) bond motifs is 2. The number of hydrogen-bond acceptors (Lipinski definition) is 3. The molecule has 6 nitrogen and oxygen atoms in total. The van der Waals surface area contributed by atoms with Gasteiger partial charge < -0.3 is 15.2 Å². The third-order valence-electron chi connectivity index (χ3n) is 5.13. The van der Waals surface area contributed by atoms with Crippen LogP contribution in [0.4, 0.5) is 5.69 Å². The van der Waals surface area contributed by atoms with Gasteiger partial charge in [0.05, 0.1) is 0 Å². The van der Waals surface area contributed by atoms with E-state index < -0.39 is 0 Å². The van der Waals surface area contributed by atoms with E-state index in [1.165, 1.54) is 0 Å². The molecule has 2 amide bonds. The molecule has 0 saturated carbocycles. The molecule has 4 rings (SSSR count). The second-order valence-corrected chi connectivity index (χ2v) is 6.89. The van der Waals surface area contributed by atoms with Crippen LogP contribution >= 0.6 is 0 Å². The molecule has 0 aliphatic carbocycles. The maximum absolute atomic E-state index is 12.3. The van der Waals surface area contributed by atoms with Gasteiger partial charge in [0, 0.05) is 49.4 Å². The minimum atomic E-state index is -0.132. The highest BCUT2D eigenvalue weighted by Crippen LogP contribution is 2.27. The molecule has 2 aromatic rings. The quantitative estimate of drug-likeness (QED) is 0.894. The molecule has 1 aromatic carbocycles. The lowest BCUT2D eigenvalue weighted by Gasteiger charge is -2.26. The first kappa shape index (κ1) is 15.9. The molecule has 0 spiro atoms. The number of imidazole rings is 1. The average molecular weight is 338 g/mol. The number of aromatic nitrogens is 2. The predicted molar refractivity (Wildman–Crippen MR) is 94.0 cm³/mol. The first-order valence-corrected chi connectivity index (χ1v) is 8.87. The number of para-hydroxylation sites is 1. The summed E-state index contributed by atoms with van der Waals surface area (Å²) >= 11 is 0. The predicted octanol–water partition coefficient (Wildman–Crippen LogP) is 1.91. The molecule has 2 aliphatic rings. The van der Waals surface area contributed by atoms with Crippen molar-refractivity contribution >= 4 is 17.5 Å². The van der Waals surface area contributed by atoms with Gasteiger partial charge in [-0.05, 0) is 30.9 Å². The van der Waals surface area contributed by atoms with E-state index in [9.17, 15) is 9.59 Å². The molecule has 0 bridgehead atoms. The minimum Gasteiger partial charge on any atom is -0.352 e. The summed E-state index contributed by atoms with van der Waals surface area (Å²) in [6.45, 7) is 0.776. The van der Waals surface area contributed by atoms with Crippen molar-refractivity contribution < 1.29 is 9.59 Å². The zero-order valence-electron chi connectivity index (χ0n) is 14.1. The summed E-state index contributed by atoms with van der Waals surface area (Å²) in [6.07, 6.45) is 7.23. The van der Waals surface area contributed by atoms with Crippen LogP contribution in [0.15, 0.2) is 36.7 Å². The first-order valence-electron chi connectivity index (χ1n) is 8.87. The Morgan fingerprint density at radius 2 is 2.24 bits per heavy atom. The van der Waals surface area contributed by atoms with Crippen molar-refractivity contribution in [3.05, 3.63) is 48.0 Å². The molecule has 2 N–H and O–H groups in total. The zero-order chi connectivity index (χ0) is 17.2. The second-order valence-electron chi connectivity index (χ2n) is 6.89. The van der Waals surface area contributed by atoms with Crippen molar-refractivity contribution in [1.82, 2.24) is 14.9 Å². The zero-order valence-corrected chi connectivity index (χ0v) is 14.1. The Balaban J connectivity index is 1.29. The monoisotopic (exact) mass is 338 g/mol. The van der Waals surface area contributed by atoms with Crippen LogP contribution in [0.3, 0.4) is 0 Å². The molecule has 0 fully saturated rings. The number of carbonyl (C=O) groups excluding carboxylic acids is 2. The molecular weight excluding hydrogens is 316 g/mol. The van der Waals surface area contributed by atoms with E-state index in [2.05, 4.69) is 20.2 Å². The third-order valence-corrected chi connectivity index (χ3v) is 5.13. The average Bonchev–Trinajstić information content (AvgIpc) is 3.07. The number of anilines is 1. The fraction of sp³-hybridized carbons (Fsp3) is 0.421. The molecule has 0 unspecified atom stereocenters. The lowest BCUT2D eigenvalue weighted by molar-refractivity contribution is -0.123. The number of nitrogens with one attached hydrogen (secondary N) is 2. The van der Waals surface area contributed by atoms with Crippen molar-refractivity contribution in [2.24, 2.45) is 5.92 Å². The van der Waals surface area contributed by atoms with Crippen molar-refractivity contribution in [2.45, 2.75) is 44.7 Å². The number of hydrogen-bond donors (Lipinski definition) is 2. The number of rotatable bonds is 4. The van der Waals surface area contributed by atoms with Gasteiger partial charge in [-0.25, -0.2) is 4.98 Å². The molecule has 1 aromatic heterocycles. The smallest absolute Gasteiger partial charge is 0.227 e. The lowest BCUT2D eigenvalue weighted by atomic mass is 9.89. The van der Waals surface area contributed by atoms with Crippen LogP contribution in [0.2, 0.25) is 0 Å². The lowest BCUT2D eigenvalue weighted by Crippen LogP contribution is -2.41. The molecule has 25 heavy (non-hydrogen) atoms. The SMILES string of the molecule is O=C(CC[C@H]1Cc2ccccc2NC1=O)N[C@H]1CCc2nccn2C1. The first-order chi connectivity index (χ1) is 12.2. The van der Waals surface area contributed by atoms with E-state index in [1.807, 2.05) is 30.5 Å². The Morgan fingerprint density at radius 3 is 3.16 bits per heavy atom. The summed E-state index contributed by atoms with van der Waals surface area (Å²) < 4.78 is 2.10. The number of nitrogens with zero attached hydrogens (tertiary/aromatic N) is 2. The van der Waals surface area contributed by atoms with E-state index in [0.29, 0.717) is 19.3 Å². The Morgan fingerprint density at radius 1 is 1.36 bits per heavy atom. The Hall–Kier alpha value is -2.63. The Labute approximate surface area is 146 Å². The fourth-order valence-corrected chi connectivity index (χ4v) is 3.74. The second kappa shape index (κ2) is 6.70. The fourth-order valence-electron chi connectivity index (χ4n) is 3.74. The largest absolute Gasteiger partial charge is 0.352 e. The summed E-state index contributed by atoms with van der Waals surface area (Å²) in [5.74, 6) is 1.00. The molecule has 3 heterocycles. The third kappa shape index (κ3) is 3.43. The van der Waals surface area contributed by atoms with Crippen molar-refractivity contribution in [1.29, 1.82) is 0 Å². The van der Waals surface area contributed by atoms with Crippen LogP contribution < -0.4 is 10.6 Å². The van der Waals surface area contributed by atoms with Crippen LogP contribution in [0.1, 0.15) is 30.7 Å². The number of aryl methyl sites for hydroxylation is 1. The highest BCUT2D eigenvalue weighted by molar-refractivity contribution is 5.96. The van der Waals surface area contributed by atoms with Gasteiger partial charge in [0.15, 0.2) is 0 Å². The maximum Gasteiger partial charge on any atom is 0.227 e. The molecule has 2 atom stereocenters. The summed E-state index contributed by atoms with van der Waals surface area (Å²) in [6, 6.07) is 8.00. The van der Waals surface area contributed by atoms with Crippen molar-refractivity contribution in [3.8, 4) is 0 Å². The van der Waals surface area contributed by atoms with Crippen LogP contribution in [-0.2, 0) is 29.0 Å². The van der Waals surface area contributed by atoms with Gasteiger partial charge in [0.1, 0.15) is 5.82 Å². The van der Waals surface area contributed by atoms with Gasteiger partial charge in [-0.15, -0.1) is 0 Å². The van der Waals surface area contributed by atoms with Crippen LogP contribution in [0.25, 0.3) is 0 Å². The summed E-state index contributed by atoms with van der Waals surface area (Å²) in [5, 5.41) is 6.05. The summed E-state index contributed by atoms with van der Waals surface area (Å²) in [5.41, 5.74) is 2.04. The van der Waals surface area contributed by atoms with E-state index in [-0.39, 0.29) is 23.8 Å². The molecule has 0 saturated heterocycles. The van der Waals surface area contributed by atoms with Crippen LogP contribution in [0, 0.1) is 5.92 Å². The van der Waals surface area contributed by atoms with Gasteiger partial charge in [-0.1, -0.05) is 18.2 Å². The van der Waals surface area contributed by atoms with Gasteiger partial charge >= 0.3 is 0 Å². The normalized spacial score (nSPS) is 21.8. The van der Waals surface area contributed by atoms with Gasteiger partial charge in [0.25, 0.3) is 0 Å². The topological polar surface area (TPSA) is 76.0 Å².